The molecule has 0 saturated carbocycles. The Labute approximate surface area is 317 Å². The molecule has 0 radical (unpaired) electrons. The van der Waals surface area contributed by atoms with Gasteiger partial charge >= 0.3 is 0 Å². The summed E-state index contributed by atoms with van der Waals surface area (Å²) in [4.78, 5) is 16.0. The SMILES string of the molecule is c1ccc(-c2ccccc2-c2nc(-c3cccc(-c4cccc5c4oc4ccccc45)c3)nc(-c3c4ccccc4cc4c3ccc3ccccc34)n2)cc1. The van der Waals surface area contributed by atoms with E-state index in [9.17, 15) is 0 Å². The van der Waals surface area contributed by atoms with Gasteiger partial charge in [-0.3, -0.25) is 0 Å². The molecule has 11 rings (SSSR count). The summed E-state index contributed by atoms with van der Waals surface area (Å²) in [5, 5.41) is 9.09. The third-order valence-electron chi connectivity index (χ3n) is 10.7. The zero-order valence-corrected chi connectivity index (χ0v) is 29.6. The van der Waals surface area contributed by atoms with Crippen LogP contribution in [0.2, 0.25) is 0 Å². The van der Waals surface area contributed by atoms with E-state index in [0.29, 0.717) is 17.5 Å². The lowest BCUT2D eigenvalue weighted by Gasteiger charge is -2.16. The number of hydrogen-bond acceptors (Lipinski definition) is 4. The lowest BCUT2D eigenvalue weighted by molar-refractivity contribution is 0.670. The van der Waals surface area contributed by atoms with E-state index in [2.05, 4.69) is 170 Å². The van der Waals surface area contributed by atoms with Gasteiger partial charge in [-0.1, -0.05) is 170 Å². The number of para-hydroxylation sites is 2. The van der Waals surface area contributed by atoms with Gasteiger partial charge in [-0.25, -0.2) is 15.0 Å². The monoisotopic (exact) mass is 701 g/mol. The summed E-state index contributed by atoms with van der Waals surface area (Å²) in [7, 11) is 0. The number of hydrogen-bond donors (Lipinski definition) is 0. The van der Waals surface area contributed by atoms with Crippen LogP contribution in [0.5, 0.6) is 0 Å². The van der Waals surface area contributed by atoms with Crippen LogP contribution in [-0.2, 0) is 0 Å². The van der Waals surface area contributed by atoms with Gasteiger partial charge in [0.25, 0.3) is 0 Å². The fourth-order valence-corrected chi connectivity index (χ4v) is 8.15. The minimum Gasteiger partial charge on any atom is -0.455 e. The van der Waals surface area contributed by atoms with Gasteiger partial charge in [0.15, 0.2) is 17.5 Å². The average molecular weight is 702 g/mol. The van der Waals surface area contributed by atoms with E-state index >= 15 is 0 Å². The number of furan rings is 1. The largest absolute Gasteiger partial charge is 0.455 e. The number of fused-ring (bicyclic) bond motifs is 7. The zero-order chi connectivity index (χ0) is 36.3. The van der Waals surface area contributed by atoms with Gasteiger partial charge in [-0.2, -0.15) is 0 Å². The van der Waals surface area contributed by atoms with Crippen LogP contribution >= 0.6 is 0 Å². The molecular weight excluding hydrogens is 671 g/mol. The Kier molecular flexibility index (Phi) is 7.14. The summed E-state index contributed by atoms with van der Waals surface area (Å²) in [5.74, 6) is 1.85. The molecule has 0 aliphatic rings. The van der Waals surface area contributed by atoms with Gasteiger partial charge in [0.2, 0.25) is 0 Å². The van der Waals surface area contributed by atoms with Crippen LogP contribution in [0.3, 0.4) is 0 Å². The van der Waals surface area contributed by atoms with Crippen molar-refractivity contribution in [3.8, 4) is 56.4 Å². The fraction of sp³-hybridized carbons (Fsp3) is 0. The first kappa shape index (κ1) is 31.1. The normalized spacial score (nSPS) is 11.6. The molecular formula is C51H31N3O. The van der Waals surface area contributed by atoms with Gasteiger partial charge in [0.1, 0.15) is 11.2 Å². The standard InChI is InChI=1S/C51H31N3O/c1-2-14-32(15-3-1)37-20-8-9-24-44(37)50-52-49(36-19-12-18-34(30-36)40-25-13-26-43-41-23-10-11-27-46(41)55-48(40)43)53-51(54-50)47-39-22-7-5-17-35(39)31-45-38-21-6-4-16-33(38)28-29-42(45)47/h1-31H. The number of aromatic nitrogens is 3. The Morgan fingerprint density at radius 3 is 1.82 bits per heavy atom. The predicted molar refractivity (Wildman–Crippen MR) is 227 cm³/mol. The van der Waals surface area contributed by atoms with E-state index in [1.165, 1.54) is 16.2 Å². The fourth-order valence-electron chi connectivity index (χ4n) is 8.15. The lowest BCUT2D eigenvalue weighted by Crippen LogP contribution is -2.02. The molecule has 0 saturated heterocycles. The molecule has 0 aliphatic heterocycles. The Morgan fingerprint density at radius 1 is 0.309 bits per heavy atom. The highest BCUT2D eigenvalue weighted by atomic mass is 16.3. The highest BCUT2D eigenvalue weighted by Crippen LogP contribution is 2.41. The Morgan fingerprint density at radius 2 is 0.927 bits per heavy atom. The summed E-state index contributed by atoms with van der Waals surface area (Å²) in [6.07, 6.45) is 0. The zero-order valence-electron chi connectivity index (χ0n) is 29.6. The van der Waals surface area contributed by atoms with E-state index in [1.54, 1.807) is 0 Å². The van der Waals surface area contributed by atoms with Crippen LogP contribution in [0, 0.1) is 0 Å². The molecule has 0 bridgehead atoms. The van der Waals surface area contributed by atoms with Gasteiger partial charge in [-0.05, 0) is 67.2 Å². The maximum absolute atomic E-state index is 6.46. The Balaban J connectivity index is 1.19. The summed E-state index contributed by atoms with van der Waals surface area (Å²) in [6, 6.07) is 65.6. The van der Waals surface area contributed by atoms with Crippen molar-refractivity contribution in [3.05, 3.63) is 188 Å². The molecule has 2 aromatic heterocycles. The summed E-state index contributed by atoms with van der Waals surface area (Å²) in [5.41, 5.74) is 8.77. The van der Waals surface area contributed by atoms with Crippen molar-refractivity contribution in [2.24, 2.45) is 0 Å². The molecule has 4 heteroatoms. The minimum absolute atomic E-state index is 0.600. The lowest BCUT2D eigenvalue weighted by atomic mass is 9.93. The van der Waals surface area contributed by atoms with Crippen LogP contribution in [-0.4, -0.2) is 15.0 Å². The van der Waals surface area contributed by atoms with E-state index in [0.717, 1.165) is 77.0 Å². The second kappa shape index (κ2) is 12.6. The highest BCUT2D eigenvalue weighted by molar-refractivity contribution is 6.19. The Bertz CT molecular complexity index is 3270. The third-order valence-corrected chi connectivity index (χ3v) is 10.7. The molecule has 2 heterocycles. The minimum atomic E-state index is 0.600. The van der Waals surface area contributed by atoms with Crippen molar-refractivity contribution in [1.82, 2.24) is 15.0 Å². The Hall–Kier alpha value is -7.43. The molecule has 0 fully saturated rings. The van der Waals surface area contributed by atoms with E-state index in [1.807, 2.05) is 18.2 Å². The smallest absolute Gasteiger partial charge is 0.165 e. The van der Waals surface area contributed by atoms with Crippen molar-refractivity contribution in [2.75, 3.05) is 0 Å². The quantitative estimate of drug-likeness (QED) is 0.132. The van der Waals surface area contributed by atoms with Crippen LogP contribution < -0.4 is 0 Å². The molecule has 0 N–H and O–H groups in total. The summed E-state index contributed by atoms with van der Waals surface area (Å²) < 4.78 is 6.46. The van der Waals surface area contributed by atoms with Crippen LogP contribution in [0.25, 0.3) is 111 Å². The summed E-state index contributed by atoms with van der Waals surface area (Å²) >= 11 is 0. The second-order valence-corrected chi connectivity index (χ2v) is 13.9. The van der Waals surface area contributed by atoms with Crippen LogP contribution in [0.15, 0.2) is 192 Å². The molecule has 0 unspecified atom stereocenters. The topological polar surface area (TPSA) is 51.8 Å². The van der Waals surface area contributed by atoms with Crippen molar-refractivity contribution < 1.29 is 4.42 Å². The maximum Gasteiger partial charge on any atom is 0.165 e. The van der Waals surface area contributed by atoms with Crippen molar-refractivity contribution >= 4 is 54.3 Å². The van der Waals surface area contributed by atoms with Gasteiger partial charge < -0.3 is 4.42 Å². The van der Waals surface area contributed by atoms with Gasteiger partial charge in [0.05, 0.1) is 0 Å². The molecule has 0 spiro atoms. The van der Waals surface area contributed by atoms with E-state index in [4.69, 9.17) is 19.4 Å². The van der Waals surface area contributed by atoms with Gasteiger partial charge in [-0.15, -0.1) is 0 Å². The number of rotatable bonds is 5. The van der Waals surface area contributed by atoms with E-state index in [-0.39, 0.29) is 0 Å². The van der Waals surface area contributed by atoms with Crippen LogP contribution in [0.1, 0.15) is 0 Å². The average Bonchev–Trinajstić information content (AvgIpc) is 3.65. The van der Waals surface area contributed by atoms with Gasteiger partial charge in [0, 0.05) is 33.0 Å². The van der Waals surface area contributed by atoms with Crippen molar-refractivity contribution in [2.45, 2.75) is 0 Å². The van der Waals surface area contributed by atoms with Crippen LogP contribution in [0.4, 0.5) is 0 Å². The molecule has 55 heavy (non-hydrogen) atoms. The predicted octanol–water partition coefficient (Wildman–Crippen LogP) is 13.6. The third kappa shape index (κ3) is 5.19. The molecule has 4 nitrogen and oxygen atoms in total. The molecule has 11 aromatic rings. The molecule has 9 aromatic carbocycles. The van der Waals surface area contributed by atoms with E-state index < -0.39 is 0 Å². The number of nitrogens with zero attached hydrogens (tertiary/aromatic N) is 3. The summed E-state index contributed by atoms with van der Waals surface area (Å²) in [6.45, 7) is 0. The maximum atomic E-state index is 6.46. The number of benzene rings is 9. The molecule has 0 atom stereocenters. The molecule has 0 amide bonds. The first-order valence-corrected chi connectivity index (χ1v) is 18.5. The second-order valence-electron chi connectivity index (χ2n) is 13.9. The van der Waals surface area contributed by atoms with Crippen molar-refractivity contribution in [1.29, 1.82) is 0 Å². The first-order valence-electron chi connectivity index (χ1n) is 18.5. The molecule has 0 aliphatic carbocycles. The highest BCUT2D eigenvalue weighted by Gasteiger charge is 2.20. The molecule has 256 valence electrons. The first-order chi connectivity index (χ1) is 27.3. The van der Waals surface area contributed by atoms with Crippen molar-refractivity contribution in [3.63, 3.8) is 0 Å².